The molecule has 1 aliphatic rings. The van der Waals surface area contributed by atoms with Crippen LogP contribution in [0, 0.1) is 0 Å². The number of nitrogens with zero attached hydrogens (tertiary/aromatic N) is 1. The molecule has 19 heavy (non-hydrogen) atoms. The fourth-order valence-electron chi connectivity index (χ4n) is 2.31. The molecule has 0 atom stereocenters. The lowest BCUT2D eigenvalue weighted by Crippen LogP contribution is -2.46. The van der Waals surface area contributed by atoms with E-state index in [4.69, 9.17) is 0 Å². The lowest BCUT2D eigenvalue weighted by molar-refractivity contribution is -0.131. The highest BCUT2D eigenvalue weighted by molar-refractivity contribution is 7.98. The van der Waals surface area contributed by atoms with E-state index in [0.29, 0.717) is 12.3 Å². The largest absolute Gasteiger partial charge is 0.340 e. The van der Waals surface area contributed by atoms with Crippen LogP contribution in [0.25, 0.3) is 0 Å². The molecule has 1 fully saturated rings. The van der Waals surface area contributed by atoms with E-state index in [0.717, 1.165) is 39.0 Å². The van der Waals surface area contributed by atoms with Gasteiger partial charge in [0.05, 0.1) is 0 Å². The van der Waals surface area contributed by atoms with Gasteiger partial charge in [-0.05, 0) is 36.8 Å². The van der Waals surface area contributed by atoms with Crippen LogP contribution in [-0.2, 0) is 11.2 Å². The van der Waals surface area contributed by atoms with E-state index < -0.39 is 0 Å². The van der Waals surface area contributed by atoms with Gasteiger partial charge in [-0.2, -0.15) is 0 Å². The average Bonchev–Trinajstić information content (AvgIpc) is 2.49. The summed E-state index contributed by atoms with van der Waals surface area (Å²) in [7, 11) is 0. The maximum Gasteiger partial charge on any atom is 0.222 e. The van der Waals surface area contributed by atoms with Gasteiger partial charge < -0.3 is 10.2 Å². The minimum Gasteiger partial charge on any atom is -0.340 e. The Morgan fingerprint density at radius 1 is 1.26 bits per heavy atom. The minimum absolute atomic E-state index is 0.308. The van der Waals surface area contributed by atoms with Gasteiger partial charge in [0.1, 0.15) is 0 Å². The van der Waals surface area contributed by atoms with Gasteiger partial charge in [0.2, 0.25) is 5.91 Å². The van der Waals surface area contributed by atoms with Crippen molar-refractivity contribution in [2.75, 3.05) is 32.4 Å². The van der Waals surface area contributed by atoms with Gasteiger partial charge in [-0.3, -0.25) is 4.79 Å². The quantitative estimate of drug-likeness (QED) is 0.838. The number of nitrogens with one attached hydrogen (secondary N) is 1. The summed E-state index contributed by atoms with van der Waals surface area (Å²) in [6.45, 7) is 3.59. The number of benzene rings is 1. The maximum absolute atomic E-state index is 12.0. The molecular formula is C15H22N2OS. The van der Waals surface area contributed by atoms with Crippen molar-refractivity contribution in [3.05, 3.63) is 29.8 Å². The number of carbonyl (C=O) groups is 1. The van der Waals surface area contributed by atoms with Gasteiger partial charge in [-0.15, -0.1) is 11.8 Å². The molecule has 104 valence electrons. The van der Waals surface area contributed by atoms with Crippen molar-refractivity contribution in [3.63, 3.8) is 0 Å². The second-order valence-corrected chi connectivity index (χ2v) is 5.71. The van der Waals surface area contributed by atoms with Crippen LogP contribution in [0.5, 0.6) is 0 Å². The molecule has 2 rings (SSSR count). The molecule has 0 bridgehead atoms. The SMILES string of the molecule is CSc1ccc(CCCC(=O)N2CCNCC2)cc1. The molecule has 1 saturated heterocycles. The Bertz CT molecular complexity index is 399. The van der Waals surface area contributed by atoms with Crippen LogP contribution in [0.3, 0.4) is 0 Å². The van der Waals surface area contributed by atoms with Crippen molar-refractivity contribution >= 4 is 17.7 Å². The summed E-state index contributed by atoms with van der Waals surface area (Å²) >= 11 is 1.76. The molecule has 1 aromatic rings. The van der Waals surface area contributed by atoms with Crippen LogP contribution < -0.4 is 5.32 Å². The number of rotatable bonds is 5. The van der Waals surface area contributed by atoms with Gasteiger partial charge in [0.25, 0.3) is 0 Å². The van der Waals surface area contributed by atoms with Gasteiger partial charge in [-0.25, -0.2) is 0 Å². The number of carbonyl (C=O) groups excluding carboxylic acids is 1. The Morgan fingerprint density at radius 3 is 2.58 bits per heavy atom. The lowest BCUT2D eigenvalue weighted by atomic mass is 10.1. The molecule has 1 amide bonds. The van der Waals surface area contributed by atoms with E-state index in [1.807, 2.05) is 4.90 Å². The predicted molar refractivity (Wildman–Crippen MR) is 80.6 cm³/mol. The molecule has 0 unspecified atom stereocenters. The molecule has 1 heterocycles. The Labute approximate surface area is 119 Å². The summed E-state index contributed by atoms with van der Waals surface area (Å²) in [5, 5.41) is 3.27. The maximum atomic E-state index is 12.0. The third-order valence-corrected chi connectivity index (χ3v) is 4.23. The molecule has 0 spiro atoms. The molecule has 3 nitrogen and oxygen atoms in total. The summed E-state index contributed by atoms with van der Waals surface area (Å²) in [6.07, 6.45) is 4.69. The summed E-state index contributed by atoms with van der Waals surface area (Å²) < 4.78 is 0. The zero-order chi connectivity index (χ0) is 13.5. The smallest absolute Gasteiger partial charge is 0.222 e. The first-order valence-corrected chi connectivity index (χ1v) is 8.13. The number of hydrogen-bond donors (Lipinski definition) is 1. The van der Waals surface area contributed by atoms with Crippen molar-refractivity contribution < 1.29 is 4.79 Å². The summed E-state index contributed by atoms with van der Waals surface area (Å²) in [5.41, 5.74) is 1.32. The van der Waals surface area contributed by atoms with E-state index in [1.54, 1.807) is 11.8 Å². The zero-order valence-corrected chi connectivity index (χ0v) is 12.3. The van der Waals surface area contributed by atoms with Crippen LogP contribution in [-0.4, -0.2) is 43.2 Å². The first kappa shape index (κ1) is 14.4. The Hall–Kier alpha value is -1.00. The highest BCUT2D eigenvalue weighted by Gasteiger charge is 2.15. The predicted octanol–water partition coefficient (Wildman–Crippen LogP) is 2.16. The van der Waals surface area contributed by atoms with Crippen molar-refractivity contribution in [2.45, 2.75) is 24.2 Å². The van der Waals surface area contributed by atoms with E-state index in [2.05, 4.69) is 35.8 Å². The van der Waals surface area contributed by atoms with Crippen molar-refractivity contribution in [3.8, 4) is 0 Å². The molecule has 0 aromatic heterocycles. The number of hydrogen-bond acceptors (Lipinski definition) is 3. The fourth-order valence-corrected chi connectivity index (χ4v) is 2.72. The van der Waals surface area contributed by atoms with E-state index in [9.17, 15) is 4.79 Å². The normalized spacial score (nSPS) is 15.5. The molecule has 1 N–H and O–H groups in total. The molecule has 0 radical (unpaired) electrons. The van der Waals surface area contributed by atoms with E-state index >= 15 is 0 Å². The topological polar surface area (TPSA) is 32.3 Å². The fraction of sp³-hybridized carbons (Fsp3) is 0.533. The zero-order valence-electron chi connectivity index (χ0n) is 11.5. The van der Waals surface area contributed by atoms with Crippen LogP contribution in [0.4, 0.5) is 0 Å². The molecule has 0 aliphatic carbocycles. The summed E-state index contributed by atoms with van der Waals surface area (Å²) in [5.74, 6) is 0.308. The van der Waals surface area contributed by atoms with E-state index in [1.165, 1.54) is 10.5 Å². The highest BCUT2D eigenvalue weighted by Crippen LogP contribution is 2.16. The first-order chi connectivity index (χ1) is 9.29. The molecule has 1 aliphatic heterocycles. The first-order valence-electron chi connectivity index (χ1n) is 6.91. The number of aryl methyl sites for hydroxylation is 1. The number of amides is 1. The van der Waals surface area contributed by atoms with Crippen LogP contribution in [0.15, 0.2) is 29.2 Å². The summed E-state index contributed by atoms with van der Waals surface area (Å²) in [6, 6.07) is 8.64. The van der Waals surface area contributed by atoms with Gasteiger partial charge >= 0.3 is 0 Å². The molecular weight excluding hydrogens is 256 g/mol. The van der Waals surface area contributed by atoms with Gasteiger partial charge in [-0.1, -0.05) is 12.1 Å². The Balaban J connectivity index is 1.71. The highest BCUT2D eigenvalue weighted by atomic mass is 32.2. The molecule has 1 aromatic carbocycles. The Morgan fingerprint density at radius 2 is 1.95 bits per heavy atom. The van der Waals surface area contributed by atoms with Crippen molar-refractivity contribution in [1.82, 2.24) is 10.2 Å². The number of piperazine rings is 1. The van der Waals surface area contributed by atoms with E-state index in [-0.39, 0.29) is 0 Å². The van der Waals surface area contributed by atoms with Crippen molar-refractivity contribution in [1.29, 1.82) is 0 Å². The third kappa shape index (κ3) is 4.55. The van der Waals surface area contributed by atoms with Crippen LogP contribution in [0.2, 0.25) is 0 Å². The van der Waals surface area contributed by atoms with Crippen molar-refractivity contribution in [2.24, 2.45) is 0 Å². The monoisotopic (exact) mass is 278 g/mol. The van der Waals surface area contributed by atoms with Crippen LogP contribution in [0.1, 0.15) is 18.4 Å². The third-order valence-electron chi connectivity index (χ3n) is 3.48. The van der Waals surface area contributed by atoms with Gasteiger partial charge in [0, 0.05) is 37.5 Å². The second-order valence-electron chi connectivity index (χ2n) is 4.83. The molecule has 4 heteroatoms. The average molecular weight is 278 g/mol. The van der Waals surface area contributed by atoms with Crippen LogP contribution >= 0.6 is 11.8 Å². The lowest BCUT2D eigenvalue weighted by Gasteiger charge is -2.27. The standard InChI is InChI=1S/C15H22N2OS/c1-19-14-7-5-13(6-8-14)3-2-4-15(18)17-11-9-16-10-12-17/h5-8,16H,2-4,9-12H2,1H3. The Kier molecular flexibility index (Phi) is 5.73. The van der Waals surface area contributed by atoms with Gasteiger partial charge in [0.15, 0.2) is 0 Å². The second kappa shape index (κ2) is 7.56. The minimum atomic E-state index is 0.308. The molecule has 0 saturated carbocycles. The number of thioether (sulfide) groups is 1. The summed E-state index contributed by atoms with van der Waals surface area (Å²) in [4.78, 5) is 15.3.